The third-order valence-electron chi connectivity index (χ3n) is 2.64. The maximum Gasteiger partial charge on any atom is 0.283 e. The van der Waals surface area contributed by atoms with E-state index in [0.29, 0.717) is 4.99 Å². The average Bonchev–Trinajstić information content (AvgIpc) is 2.33. The van der Waals surface area contributed by atoms with Gasteiger partial charge in [0.2, 0.25) is 0 Å². The SMILES string of the molecule is CCN(CC)C(=S)C(=O)Nc1ccccc1C. The second kappa shape index (κ2) is 6.35. The number of likely N-dealkylation sites (N-methyl/N-ethyl adjacent to an activating group) is 1. The van der Waals surface area contributed by atoms with E-state index in [-0.39, 0.29) is 5.91 Å². The number of amides is 1. The van der Waals surface area contributed by atoms with Crippen LogP contribution in [0, 0.1) is 6.92 Å². The first-order valence-corrected chi connectivity index (χ1v) is 6.16. The van der Waals surface area contributed by atoms with Gasteiger partial charge in [-0.3, -0.25) is 4.79 Å². The number of benzene rings is 1. The summed E-state index contributed by atoms with van der Waals surface area (Å²) in [4.78, 5) is 14.1. The number of nitrogens with one attached hydrogen (secondary N) is 1. The van der Waals surface area contributed by atoms with Crippen molar-refractivity contribution in [3.05, 3.63) is 29.8 Å². The molecular weight excluding hydrogens is 232 g/mol. The molecule has 1 amide bonds. The summed E-state index contributed by atoms with van der Waals surface area (Å²) in [6.45, 7) is 7.41. The molecule has 0 fully saturated rings. The molecule has 1 aromatic carbocycles. The predicted octanol–water partition coefficient (Wildman–Crippen LogP) is 2.60. The lowest BCUT2D eigenvalue weighted by molar-refractivity contribution is -0.110. The van der Waals surface area contributed by atoms with Crippen molar-refractivity contribution in [1.29, 1.82) is 0 Å². The van der Waals surface area contributed by atoms with E-state index in [0.717, 1.165) is 24.3 Å². The number of rotatable bonds is 3. The van der Waals surface area contributed by atoms with Crippen LogP contribution < -0.4 is 5.32 Å². The van der Waals surface area contributed by atoms with Crippen molar-refractivity contribution in [1.82, 2.24) is 4.90 Å². The molecule has 0 heterocycles. The van der Waals surface area contributed by atoms with Gasteiger partial charge in [-0.1, -0.05) is 30.4 Å². The highest BCUT2D eigenvalue weighted by molar-refractivity contribution is 7.82. The summed E-state index contributed by atoms with van der Waals surface area (Å²) in [5, 5.41) is 2.84. The minimum atomic E-state index is -0.210. The van der Waals surface area contributed by atoms with Gasteiger partial charge in [0.05, 0.1) is 0 Å². The third-order valence-corrected chi connectivity index (χ3v) is 3.08. The first-order chi connectivity index (χ1) is 8.10. The van der Waals surface area contributed by atoms with E-state index in [1.54, 1.807) is 0 Å². The average molecular weight is 250 g/mol. The van der Waals surface area contributed by atoms with Crippen molar-refractivity contribution in [2.24, 2.45) is 0 Å². The fourth-order valence-corrected chi connectivity index (χ4v) is 1.85. The minimum Gasteiger partial charge on any atom is -0.359 e. The molecule has 0 spiro atoms. The molecule has 3 nitrogen and oxygen atoms in total. The van der Waals surface area contributed by atoms with Crippen molar-refractivity contribution in [2.45, 2.75) is 20.8 Å². The van der Waals surface area contributed by atoms with Gasteiger partial charge in [0.1, 0.15) is 0 Å². The van der Waals surface area contributed by atoms with Crippen LogP contribution in [0.15, 0.2) is 24.3 Å². The number of para-hydroxylation sites is 1. The van der Waals surface area contributed by atoms with Crippen molar-refractivity contribution >= 4 is 28.8 Å². The normalized spacial score (nSPS) is 9.82. The van der Waals surface area contributed by atoms with Gasteiger partial charge in [-0.2, -0.15) is 0 Å². The fourth-order valence-electron chi connectivity index (χ4n) is 1.54. The molecular formula is C13H18N2OS. The molecule has 0 radical (unpaired) electrons. The summed E-state index contributed by atoms with van der Waals surface area (Å²) in [7, 11) is 0. The molecule has 0 saturated carbocycles. The van der Waals surface area contributed by atoms with Gasteiger partial charge < -0.3 is 10.2 Å². The smallest absolute Gasteiger partial charge is 0.283 e. The van der Waals surface area contributed by atoms with Gasteiger partial charge in [0, 0.05) is 18.8 Å². The van der Waals surface area contributed by atoms with Crippen molar-refractivity contribution in [2.75, 3.05) is 18.4 Å². The summed E-state index contributed by atoms with van der Waals surface area (Å²) < 4.78 is 0. The van der Waals surface area contributed by atoms with Crippen LogP contribution >= 0.6 is 12.2 Å². The molecule has 0 aliphatic carbocycles. The van der Waals surface area contributed by atoms with Crippen LogP contribution in [0.4, 0.5) is 5.69 Å². The molecule has 0 aromatic heterocycles. The number of carbonyl (C=O) groups is 1. The van der Waals surface area contributed by atoms with Gasteiger partial charge in [0.15, 0.2) is 4.99 Å². The number of nitrogens with zero attached hydrogens (tertiary/aromatic N) is 1. The number of thiocarbonyl (C=S) groups is 1. The molecule has 0 aliphatic heterocycles. The molecule has 1 N–H and O–H groups in total. The summed E-state index contributed by atoms with van der Waals surface area (Å²) >= 11 is 5.15. The predicted molar refractivity (Wildman–Crippen MR) is 75.3 cm³/mol. The molecule has 0 bridgehead atoms. The largest absolute Gasteiger partial charge is 0.359 e. The summed E-state index contributed by atoms with van der Waals surface area (Å²) in [5.41, 5.74) is 1.84. The third kappa shape index (κ3) is 3.53. The summed E-state index contributed by atoms with van der Waals surface area (Å²) in [6, 6.07) is 7.66. The molecule has 0 aliphatic rings. The number of anilines is 1. The zero-order chi connectivity index (χ0) is 12.8. The van der Waals surface area contributed by atoms with Crippen molar-refractivity contribution in [3.63, 3.8) is 0 Å². The Morgan fingerprint density at radius 3 is 2.41 bits per heavy atom. The van der Waals surface area contributed by atoms with E-state index in [4.69, 9.17) is 12.2 Å². The van der Waals surface area contributed by atoms with Crippen LogP contribution in [0.25, 0.3) is 0 Å². The Balaban J connectivity index is 2.73. The Kier molecular flexibility index (Phi) is 5.10. The highest BCUT2D eigenvalue weighted by atomic mass is 32.1. The lowest BCUT2D eigenvalue weighted by Gasteiger charge is -2.21. The van der Waals surface area contributed by atoms with E-state index in [2.05, 4.69) is 5.32 Å². The first-order valence-electron chi connectivity index (χ1n) is 5.76. The standard InChI is InChI=1S/C13H18N2OS/c1-4-15(5-2)13(17)12(16)14-11-9-7-6-8-10(11)3/h6-9H,4-5H2,1-3H3,(H,14,16). The fraction of sp³-hybridized carbons (Fsp3) is 0.385. The zero-order valence-corrected chi connectivity index (χ0v) is 11.3. The molecule has 17 heavy (non-hydrogen) atoms. The number of hydrogen-bond acceptors (Lipinski definition) is 2. The lowest BCUT2D eigenvalue weighted by atomic mass is 10.2. The monoisotopic (exact) mass is 250 g/mol. The Morgan fingerprint density at radius 1 is 1.29 bits per heavy atom. The van der Waals surface area contributed by atoms with Crippen LogP contribution in [0.3, 0.4) is 0 Å². The van der Waals surface area contributed by atoms with Crippen LogP contribution in [-0.4, -0.2) is 28.9 Å². The summed E-state index contributed by atoms with van der Waals surface area (Å²) in [6.07, 6.45) is 0. The lowest BCUT2D eigenvalue weighted by Crippen LogP contribution is -2.38. The molecule has 0 atom stereocenters. The van der Waals surface area contributed by atoms with Gasteiger partial charge in [-0.05, 0) is 32.4 Å². The zero-order valence-electron chi connectivity index (χ0n) is 10.5. The van der Waals surface area contributed by atoms with Crippen LogP contribution in [0.5, 0.6) is 0 Å². The van der Waals surface area contributed by atoms with Gasteiger partial charge in [-0.25, -0.2) is 0 Å². The Morgan fingerprint density at radius 2 is 1.88 bits per heavy atom. The maximum atomic E-state index is 11.9. The Bertz CT molecular complexity index is 414. The molecule has 1 rings (SSSR count). The van der Waals surface area contributed by atoms with E-state index in [1.165, 1.54) is 0 Å². The van der Waals surface area contributed by atoms with Crippen molar-refractivity contribution < 1.29 is 4.79 Å². The van der Waals surface area contributed by atoms with Gasteiger partial charge in [-0.15, -0.1) is 0 Å². The Labute approximate surface area is 108 Å². The molecule has 0 saturated heterocycles. The van der Waals surface area contributed by atoms with Crippen LogP contribution in [-0.2, 0) is 4.79 Å². The van der Waals surface area contributed by atoms with Crippen LogP contribution in [0.1, 0.15) is 19.4 Å². The van der Waals surface area contributed by atoms with E-state index in [9.17, 15) is 4.79 Å². The summed E-state index contributed by atoms with van der Waals surface area (Å²) in [5.74, 6) is -0.210. The number of hydrogen-bond donors (Lipinski definition) is 1. The quantitative estimate of drug-likeness (QED) is 0.837. The topological polar surface area (TPSA) is 32.3 Å². The molecule has 4 heteroatoms. The second-order valence-corrected chi connectivity index (χ2v) is 4.13. The molecule has 1 aromatic rings. The van der Waals surface area contributed by atoms with Crippen molar-refractivity contribution in [3.8, 4) is 0 Å². The first kappa shape index (κ1) is 13.6. The minimum absolute atomic E-state index is 0.210. The number of carbonyl (C=O) groups excluding carboxylic acids is 1. The van der Waals surface area contributed by atoms with Gasteiger partial charge >= 0.3 is 0 Å². The van der Waals surface area contributed by atoms with E-state index < -0.39 is 0 Å². The molecule has 0 unspecified atom stereocenters. The second-order valence-electron chi connectivity index (χ2n) is 3.75. The Hall–Kier alpha value is -1.42. The number of aryl methyl sites for hydroxylation is 1. The maximum absolute atomic E-state index is 11.9. The van der Waals surface area contributed by atoms with E-state index in [1.807, 2.05) is 49.9 Å². The highest BCUT2D eigenvalue weighted by Crippen LogP contribution is 2.13. The van der Waals surface area contributed by atoms with E-state index >= 15 is 0 Å². The highest BCUT2D eigenvalue weighted by Gasteiger charge is 2.15. The van der Waals surface area contributed by atoms with Crippen LogP contribution in [0.2, 0.25) is 0 Å². The van der Waals surface area contributed by atoms with Gasteiger partial charge in [0.25, 0.3) is 5.91 Å². The molecule has 92 valence electrons.